The maximum absolute atomic E-state index is 13.9. The fourth-order valence-corrected chi connectivity index (χ4v) is 8.11. The van der Waals surface area contributed by atoms with Crippen molar-refractivity contribution in [2.45, 2.75) is 77.4 Å². The highest BCUT2D eigenvalue weighted by atomic mass is 31.2. The van der Waals surface area contributed by atoms with Crippen LogP contribution in [0.4, 0.5) is 5.82 Å². The molecule has 1 amide bonds. The van der Waals surface area contributed by atoms with Crippen LogP contribution in [-0.4, -0.2) is 72.7 Å². The van der Waals surface area contributed by atoms with E-state index in [9.17, 15) is 38.2 Å². The minimum atomic E-state index is -5.33. The number of carbonyl (C=O) groups excluding carboxylic acids is 4. The predicted octanol–water partition coefficient (Wildman–Crippen LogP) is 2.20. The maximum atomic E-state index is 13.9. The number of anilines is 1. The number of esters is 3. The number of para-hydroxylation sites is 1. The second kappa shape index (κ2) is 14.2. The topological polar surface area (TPSA) is 243 Å². The van der Waals surface area contributed by atoms with E-state index in [1.54, 1.807) is 0 Å². The van der Waals surface area contributed by atoms with E-state index >= 15 is 0 Å². The molecule has 288 valence electrons. The molecule has 0 bridgehead atoms. The van der Waals surface area contributed by atoms with Crippen molar-refractivity contribution in [3.63, 3.8) is 0 Å². The minimum absolute atomic E-state index is 0.00246. The Balaban J connectivity index is 1.19. The van der Waals surface area contributed by atoms with Crippen molar-refractivity contribution in [1.82, 2.24) is 19.1 Å². The fraction of sp³-hybridized carbons (Fsp3) is 0.371. The number of fused-ring (bicyclic) bond motifs is 5. The van der Waals surface area contributed by atoms with Crippen molar-refractivity contribution in [2.24, 2.45) is 0 Å². The first kappa shape index (κ1) is 37.7. The summed E-state index contributed by atoms with van der Waals surface area (Å²) in [5, 5.41) is 3.22. The molecule has 6 unspecified atom stereocenters. The molecule has 0 aliphatic carbocycles. The molecule has 6 atom stereocenters. The Kier molecular flexibility index (Phi) is 9.77. The van der Waals surface area contributed by atoms with E-state index < -0.39 is 86.2 Å². The van der Waals surface area contributed by atoms with Crippen LogP contribution in [0.15, 0.2) is 58.3 Å². The van der Waals surface area contributed by atoms with Crippen LogP contribution >= 0.6 is 7.82 Å². The van der Waals surface area contributed by atoms with Crippen molar-refractivity contribution in [2.75, 3.05) is 11.9 Å². The SMILES string of the molecule is CCC1(OP(=O)(O)OCC2OC(n3ccc(NC(C)=O)nc3=O)C(OC(C)=O)C2OC(C)=O)C(=O)OCc2c1cc1n(c2=O)Cc2cc3ccccc3nc2-1. The number of carbonyl (C=O) groups is 4. The smallest absolute Gasteiger partial charge is 0.458 e. The second-order valence-corrected chi connectivity index (χ2v) is 14.4. The van der Waals surface area contributed by atoms with Gasteiger partial charge in [0.15, 0.2) is 18.4 Å². The van der Waals surface area contributed by atoms with E-state index in [4.69, 9.17) is 33.0 Å². The number of rotatable bonds is 10. The highest BCUT2D eigenvalue weighted by molar-refractivity contribution is 7.47. The third-order valence-corrected chi connectivity index (χ3v) is 10.4. The number of phosphoric acid groups is 1. The molecule has 0 spiro atoms. The fourth-order valence-electron chi connectivity index (χ4n) is 7.03. The Hall–Kier alpha value is -5.59. The van der Waals surface area contributed by atoms with Crippen LogP contribution < -0.4 is 16.6 Å². The molecule has 4 aromatic rings. The van der Waals surface area contributed by atoms with Crippen LogP contribution in [0, 0.1) is 0 Å². The summed E-state index contributed by atoms with van der Waals surface area (Å²) in [6.07, 6.45) is -5.06. The molecule has 1 saturated heterocycles. The van der Waals surface area contributed by atoms with Crippen molar-refractivity contribution >= 4 is 48.4 Å². The first-order valence-electron chi connectivity index (χ1n) is 17.0. The number of hydrogen-bond donors (Lipinski definition) is 2. The minimum Gasteiger partial charge on any atom is -0.458 e. The van der Waals surface area contributed by atoms with Gasteiger partial charge in [0.1, 0.15) is 18.5 Å². The number of amides is 1. The van der Waals surface area contributed by atoms with Gasteiger partial charge in [-0.15, -0.1) is 0 Å². The molecule has 2 N–H and O–H groups in total. The summed E-state index contributed by atoms with van der Waals surface area (Å²) >= 11 is 0. The van der Waals surface area contributed by atoms with E-state index in [1.165, 1.54) is 36.7 Å². The number of cyclic esters (lactones) is 1. The largest absolute Gasteiger partial charge is 0.473 e. The van der Waals surface area contributed by atoms with Crippen molar-refractivity contribution in [3.8, 4) is 11.4 Å². The lowest BCUT2D eigenvalue weighted by Crippen LogP contribution is -2.46. The summed E-state index contributed by atoms with van der Waals surface area (Å²) in [6.45, 7) is 3.74. The summed E-state index contributed by atoms with van der Waals surface area (Å²) in [5.74, 6) is -3.34. The Morgan fingerprint density at radius 3 is 2.45 bits per heavy atom. The van der Waals surface area contributed by atoms with Crippen LogP contribution in [0.2, 0.25) is 0 Å². The quantitative estimate of drug-likeness (QED) is 0.117. The molecule has 0 radical (unpaired) electrons. The molecule has 1 aromatic carbocycles. The maximum Gasteiger partial charge on any atom is 0.473 e. The number of aromatic nitrogens is 4. The van der Waals surface area contributed by atoms with Gasteiger partial charge in [-0.05, 0) is 30.7 Å². The number of nitrogens with zero attached hydrogens (tertiary/aromatic N) is 4. The van der Waals surface area contributed by atoms with E-state index in [1.807, 2.05) is 30.3 Å². The summed E-state index contributed by atoms with van der Waals surface area (Å²) in [5.41, 5.74) is -1.42. The molecule has 0 saturated carbocycles. The molecule has 19 nitrogen and oxygen atoms in total. The monoisotopic (exact) mass is 779 g/mol. The highest BCUT2D eigenvalue weighted by Crippen LogP contribution is 2.54. The highest BCUT2D eigenvalue weighted by Gasteiger charge is 2.55. The van der Waals surface area contributed by atoms with Crippen LogP contribution in [0.5, 0.6) is 0 Å². The van der Waals surface area contributed by atoms with Gasteiger partial charge in [-0.3, -0.25) is 32.8 Å². The zero-order valence-electron chi connectivity index (χ0n) is 29.7. The number of hydrogen-bond acceptors (Lipinski definition) is 15. The standard InChI is InChI=1S/C35H34N5O14P/c1-5-35(23-13-25-28-21(12-20-8-6-7-9-24(20)37-28)14-40(25)31(44)22(23)15-49-33(35)45)54-55(47,48)50-16-26-29(51-18(3)42)30(52-19(4)43)32(53-26)39-11-10-27(36-17(2)41)38-34(39)46/h6-13,26,29-30,32H,5,14-16H2,1-4H3,(H,47,48)(H,36,38,41,46). The summed E-state index contributed by atoms with van der Waals surface area (Å²) in [6, 6.07) is 12.1. The zero-order valence-corrected chi connectivity index (χ0v) is 30.6. The number of pyridine rings is 2. The molecule has 55 heavy (non-hydrogen) atoms. The molecule has 3 aliphatic rings. The van der Waals surface area contributed by atoms with E-state index in [0.717, 1.165) is 29.4 Å². The summed E-state index contributed by atoms with van der Waals surface area (Å²) in [4.78, 5) is 96.0. The second-order valence-electron chi connectivity index (χ2n) is 13.0. The molecule has 3 aromatic heterocycles. The van der Waals surface area contributed by atoms with Crippen molar-refractivity contribution in [3.05, 3.63) is 86.2 Å². The van der Waals surface area contributed by atoms with Gasteiger partial charge in [0.25, 0.3) is 5.56 Å². The normalized spacial score (nSPS) is 23.5. The van der Waals surface area contributed by atoms with Crippen molar-refractivity contribution in [1.29, 1.82) is 0 Å². The predicted molar refractivity (Wildman–Crippen MR) is 187 cm³/mol. The number of nitrogens with one attached hydrogen (secondary N) is 1. The number of phosphoric ester groups is 1. The average molecular weight is 780 g/mol. The lowest BCUT2D eigenvalue weighted by atomic mass is 9.86. The molecule has 3 aliphatic heterocycles. The van der Waals surface area contributed by atoms with Crippen molar-refractivity contribution < 1.29 is 56.6 Å². The van der Waals surface area contributed by atoms with Gasteiger partial charge >= 0.3 is 31.4 Å². The Labute approximate surface area is 310 Å². The molecule has 20 heteroatoms. The number of ether oxygens (including phenoxy) is 4. The third kappa shape index (κ3) is 6.96. The lowest BCUT2D eigenvalue weighted by molar-refractivity contribution is -0.171. The van der Waals surface area contributed by atoms with E-state index in [-0.39, 0.29) is 29.9 Å². The van der Waals surface area contributed by atoms with E-state index in [0.29, 0.717) is 16.9 Å². The Morgan fingerprint density at radius 1 is 1.04 bits per heavy atom. The average Bonchev–Trinajstić information content (AvgIpc) is 3.64. The number of benzene rings is 1. The van der Waals surface area contributed by atoms with Gasteiger partial charge in [0, 0.05) is 43.5 Å². The van der Waals surface area contributed by atoms with Crippen LogP contribution in [0.1, 0.15) is 57.0 Å². The van der Waals surface area contributed by atoms with Crippen LogP contribution in [0.3, 0.4) is 0 Å². The van der Waals surface area contributed by atoms with E-state index in [2.05, 4.69) is 10.3 Å². The molecule has 1 fully saturated rings. The first-order valence-corrected chi connectivity index (χ1v) is 18.5. The molecule has 7 rings (SSSR count). The van der Waals surface area contributed by atoms with Gasteiger partial charge < -0.3 is 33.7 Å². The van der Waals surface area contributed by atoms with Gasteiger partial charge in [-0.25, -0.2) is 19.1 Å². The lowest BCUT2D eigenvalue weighted by Gasteiger charge is -2.36. The van der Waals surface area contributed by atoms with Crippen LogP contribution in [-0.2, 0) is 70.5 Å². The molecule has 6 heterocycles. The summed E-state index contributed by atoms with van der Waals surface area (Å²) < 4.78 is 49.3. The third-order valence-electron chi connectivity index (χ3n) is 9.36. The van der Waals surface area contributed by atoms with Gasteiger partial charge in [-0.1, -0.05) is 25.1 Å². The summed E-state index contributed by atoms with van der Waals surface area (Å²) in [7, 11) is -5.33. The zero-order chi connectivity index (χ0) is 39.4. The Morgan fingerprint density at radius 2 is 1.76 bits per heavy atom. The first-order chi connectivity index (χ1) is 26.1. The van der Waals surface area contributed by atoms with Gasteiger partial charge in [-0.2, -0.15) is 4.98 Å². The molecular weight excluding hydrogens is 745 g/mol. The Bertz CT molecular complexity index is 2450. The molecular formula is C35H34N5O14P. The van der Waals surface area contributed by atoms with Gasteiger partial charge in [0.2, 0.25) is 11.5 Å². The van der Waals surface area contributed by atoms with Crippen LogP contribution in [0.25, 0.3) is 22.3 Å². The van der Waals surface area contributed by atoms with Gasteiger partial charge in [0.05, 0.1) is 35.6 Å².